The fourth-order valence-electron chi connectivity index (χ4n) is 4.62. The molecule has 0 aliphatic carbocycles. The van der Waals surface area contributed by atoms with Crippen LogP contribution >= 0.6 is 0 Å². The molecule has 0 radical (unpaired) electrons. The maximum Gasteiger partial charge on any atom is 0.278 e. The summed E-state index contributed by atoms with van der Waals surface area (Å²) in [5, 5.41) is 16.9. The molecule has 2 aromatic heterocycles. The summed E-state index contributed by atoms with van der Waals surface area (Å²) >= 11 is 0. The number of hydrogen-bond acceptors (Lipinski definition) is 5. The van der Waals surface area contributed by atoms with Crippen LogP contribution in [0, 0.1) is 0 Å². The Morgan fingerprint density at radius 3 is 2.75 bits per heavy atom. The Bertz CT molecular complexity index is 1250. The number of aromatic nitrogens is 3. The van der Waals surface area contributed by atoms with Gasteiger partial charge in [0.15, 0.2) is 11.6 Å². The quantitative estimate of drug-likeness (QED) is 0.585. The molecule has 3 aromatic rings. The maximum atomic E-state index is 13.1. The van der Waals surface area contributed by atoms with Crippen molar-refractivity contribution in [3.63, 3.8) is 0 Å². The largest absolute Gasteiger partial charge is 0.494 e. The number of aromatic hydroxyl groups is 1. The molecule has 2 amide bonds. The number of hydrogen-bond donors (Lipinski definition) is 3. The minimum absolute atomic E-state index is 0.127. The van der Waals surface area contributed by atoms with E-state index in [9.17, 15) is 19.5 Å². The number of carbonyl (C=O) groups is 2. The molecule has 1 atom stereocenters. The number of para-hydroxylation sites is 1. The number of anilines is 1. The third-order valence-corrected chi connectivity index (χ3v) is 6.15. The van der Waals surface area contributed by atoms with Crippen molar-refractivity contribution in [2.75, 3.05) is 18.0 Å². The van der Waals surface area contributed by atoms with Crippen LogP contribution in [0.15, 0.2) is 47.3 Å². The van der Waals surface area contributed by atoms with Crippen LogP contribution in [-0.4, -0.2) is 50.1 Å². The topological polar surface area (TPSA) is 122 Å². The van der Waals surface area contributed by atoms with E-state index in [0.717, 1.165) is 30.5 Å². The Labute approximate surface area is 183 Å². The number of fused-ring (bicyclic) bond motifs is 1. The van der Waals surface area contributed by atoms with Gasteiger partial charge in [0.25, 0.3) is 17.4 Å². The summed E-state index contributed by atoms with van der Waals surface area (Å²) < 4.78 is 0. The van der Waals surface area contributed by atoms with Gasteiger partial charge in [0.2, 0.25) is 0 Å². The van der Waals surface area contributed by atoms with E-state index in [1.54, 1.807) is 15.9 Å². The van der Waals surface area contributed by atoms with Crippen molar-refractivity contribution < 1.29 is 14.7 Å². The number of amides is 2. The summed E-state index contributed by atoms with van der Waals surface area (Å²) in [7, 11) is 0. The summed E-state index contributed by atoms with van der Waals surface area (Å²) in [5.41, 5.74) is 2.63. The molecule has 3 N–H and O–H groups in total. The number of rotatable bonds is 3. The number of likely N-dealkylation sites (tertiary alicyclic amines) is 1. The Kier molecular flexibility index (Phi) is 5.01. The summed E-state index contributed by atoms with van der Waals surface area (Å²) in [6.07, 6.45) is 3.29. The standard InChI is InChI=1S/C23H23N5O4/c29-20-11-15(12-21(30)24-20)22(31)27-9-4-3-7-19(27)16-13-17(26-25-16)23(32)28-10-8-14-5-1-2-6-18(14)28/h1-2,5-6,11-13,19H,3-4,7-10H2,(H,25,26)(H2,24,29,30). The molecule has 1 saturated heterocycles. The first kappa shape index (κ1) is 20.0. The lowest BCUT2D eigenvalue weighted by atomic mass is 9.98. The van der Waals surface area contributed by atoms with Crippen molar-refractivity contribution in [1.29, 1.82) is 0 Å². The number of nitrogens with zero attached hydrogens (tertiary/aromatic N) is 3. The Balaban J connectivity index is 1.40. The fourth-order valence-corrected chi connectivity index (χ4v) is 4.62. The predicted molar refractivity (Wildman–Crippen MR) is 117 cm³/mol. The molecule has 5 rings (SSSR count). The van der Waals surface area contributed by atoms with Gasteiger partial charge in [-0.3, -0.25) is 24.5 Å². The highest BCUT2D eigenvalue weighted by Gasteiger charge is 2.32. The molecule has 2 aliphatic rings. The Hall–Kier alpha value is -3.88. The maximum absolute atomic E-state index is 13.1. The van der Waals surface area contributed by atoms with E-state index in [4.69, 9.17) is 0 Å². The average Bonchev–Trinajstić information content (AvgIpc) is 3.45. The second-order valence-electron chi connectivity index (χ2n) is 8.17. The van der Waals surface area contributed by atoms with Crippen LogP contribution in [0.4, 0.5) is 5.69 Å². The monoisotopic (exact) mass is 433 g/mol. The van der Waals surface area contributed by atoms with Gasteiger partial charge in [-0.15, -0.1) is 0 Å². The molecule has 1 aromatic carbocycles. The first-order valence-electron chi connectivity index (χ1n) is 10.7. The number of benzene rings is 1. The number of piperidine rings is 1. The van der Waals surface area contributed by atoms with Crippen LogP contribution < -0.4 is 10.5 Å². The van der Waals surface area contributed by atoms with E-state index < -0.39 is 5.56 Å². The van der Waals surface area contributed by atoms with E-state index in [-0.39, 0.29) is 29.3 Å². The molecule has 164 valence electrons. The van der Waals surface area contributed by atoms with Crippen LogP contribution in [0.3, 0.4) is 0 Å². The first-order chi connectivity index (χ1) is 15.5. The van der Waals surface area contributed by atoms with Gasteiger partial charge in [-0.25, -0.2) is 0 Å². The van der Waals surface area contributed by atoms with Gasteiger partial charge in [0, 0.05) is 30.9 Å². The number of pyridine rings is 1. The molecule has 0 spiro atoms. The lowest BCUT2D eigenvalue weighted by Gasteiger charge is -2.35. The fraction of sp³-hybridized carbons (Fsp3) is 0.304. The number of H-pyrrole nitrogens is 2. The van der Waals surface area contributed by atoms with Crippen molar-refractivity contribution >= 4 is 17.5 Å². The van der Waals surface area contributed by atoms with Crippen molar-refractivity contribution in [1.82, 2.24) is 20.1 Å². The second kappa shape index (κ2) is 7.99. The van der Waals surface area contributed by atoms with E-state index in [2.05, 4.69) is 15.2 Å². The second-order valence-corrected chi connectivity index (χ2v) is 8.17. The molecule has 32 heavy (non-hydrogen) atoms. The highest BCUT2D eigenvalue weighted by atomic mass is 16.3. The van der Waals surface area contributed by atoms with Gasteiger partial charge >= 0.3 is 0 Å². The molecule has 4 heterocycles. The zero-order chi connectivity index (χ0) is 22.2. The third kappa shape index (κ3) is 3.55. The highest BCUT2D eigenvalue weighted by molar-refractivity contribution is 6.06. The van der Waals surface area contributed by atoms with E-state index >= 15 is 0 Å². The highest BCUT2D eigenvalue weighted by Crippen LogP contribution is 2.33. The molecule has 0 bridgehead atoms. The summed E-state index contributed by atoms with van der Waals surface area (Å²) in [6, 6.07) is 11.7. The van der Waals surface area contributed by atoms with Crippen LogP contribution in [0.2, 0.25) is 0 Å². The zero-order valence-electron chi connectivity index (χ0n) is 17.4. The predicted octanol–water partition coefficient (Wildman–Crippen LogP) is 2.37. The lowest BCUT2D eigenvalue weighted by Crippen LogP contribution is -2.39. The molecule has 0 saturated carbocycles. The summed E-state index contributed by atoms with van der Waals surface area (Å²) in [4.78, 5) is 43.6. The number of carbonyl (C=O) groups excluding carboxylic acids is 2. The summed E-state index contributed by atoms with van der Waals surface area (Å²) in [6.45, 7) is 1.12. The molecule has 9 heteroatoms. The van der Waals surface area contributed by atoms with E-state index in [1.165, 1.54) is 12.1 Å². The number of nitrogens with one attached hydrogen (secondary N) is 2. The van der Waals surface area contributed by atoms with Gasteiger partial charge < -0.3 is 14.9 Å². The van der Waals surface area contributed by atoms with E-state index in [0.29, 0.717) is 30.9 Å². The zero-order valence-corrected chi connectivity index (χ0v) is 17.4. The Morgan fingerprint density at radius 2 is 1.91 bits per heavy atom. The average molecular weight is 433 g/mol. The molecule has 2 aliphatic heterocycles. The van der Waals surface area contributed by atoms with Crippen molar-refractivity contribution in [2.45, 2.75) is 31.7 Å². The lowest BCUT2D eigenvalue weighted by molar-refractivity contribution is 0.0605. The van der Waals surface area contributed by atoms with Gasteiger partial charge in [0.05, 0.1) is 17.3 Å². The SMILES string of the molecule is O=C(c1cc(C2CCCCN2C(=O)c2cc(O)[nH]c(=O)c2)[nH]n1)N1CCc2ccccc21. The minimum atomic E-state index is -0.540. The van der Waals surface area contributed by atoms with Crippen LogP contribution in [-0.2, 0) is 6.42 Å². The van der Waals surface area contributed by atoms with Crippen molar-refractivity contribution in [3.8, 4) is 5.88 Å². The van der Waals surface area contributed by atoms with Crippen molar-refractivity contribution in [3.05, 3.63) is 75.3 Å². The van der Waals surface area contributed by atoms with Gasteiger partial charge in [0.1, 0.15) is 0 Å². The van der Waals surface area contributed by atoms with Crippen molar-refractivity contribution in [2.24, 2.45) is 0 Å². The summed E-state index contributed by atoms with van der Waals surface area (Å²) in [5.74, 6) is -0.868. The first-order valence-corrected chi connectivity index (χ1v) is 10.7. The molecule has 1 unspecified atom stereocenters. The number of aromatic amines is 2. The molecule has 9 nitrogen and oxygen atoms in total. The van der Waals surface area contributed by atoms with Crippen LogP contribution in [0.5, 0.6) is 5.88 Å². The smallest absolute Gasteiger partial charge is 0.278 e. The van der Waals surface area contributed by atoms with Gasteiger partial charge in [-0.05, 0) is 43.4 Å². The molecular formula is C23H23N5O4. The van der Waals surface area contributed by atoms with Gasteiger partial charge in [-0.2, -0.15) is 5.10 Å². The van der Waals surface area contributed by atoms with Crippen LogP contribution in [0.1, 0.15) is 57.4 Å². The van der Waals surface area contributed by atoms with Gasteiger partial charge in [-0.1, -0.05) is 18.2 Å². The van der Waals surface area contributed by atoms with E-state index in [1.807, 2.05) is 24.3 Å². The van der Waals surface area contributed by atoms with Crippen LogP contribution in [0.25, 0.3) is 0 Å². The molecule has 1 fully saturated rings. The normalized spacial score (nSPS) is 17.9. The molecular weight excluding hydrogens is 410 g/mol. The Morgan fingerprint density at radius 1 is 1.06 bits per heavy atom. The minimum Gasteiger partial charge on any atom is -0.494 e. The third-order valence-electron chi connectivity index (χ3n) is 6.15.